The molecule has 1 aromatic carbocycles. The highest BCUT2D eigenvalue weighted by molar-refractivity contribution is 7.93. The lowest BCUT2D eigenvalue weighted by Gasteiger charge is -2.12. The van der Waals surface area contributed by atoms with Gasteiger partial charge in [-0.3, -0.25) is 4.18 Å². The second-order valence-corrected chi connectivity index (χ2v) is 4.20. The first kappa shape index (κ1) is 14.5. The smallest absolute Gasteiger partial charge is 0.167 e. The number of hydrogen-bond acceptors (Lipinski definition) is 4. The van der Waals surface area contributed by atoms with E-state index in [0.29, 0.717) is 13.2 Å². The molecule has 0 aromatic heterocycles. The van der Waals surface area contributed by atoms with Gasteiger partial charge >= 0.3 is 0 Å². The van der Waals surface area contributed by atoms with Crippen molar-refractivity contribution < 1.29 is 13.7 Å². The van der Waals surface area contributed by atoms with Crippen LogP contribution in [0.4, 0.5) is 0 Å². The van der Waals surface area contributed by atoms with E-state index >= 15 is 0 Å². The number of hydrogen-bond donors (Lipinski definition) is 0. The van der Waals surface area contributed by atoms with Crippen LogP contribution in [0.2, 0.25) is 0 Å². The van der Waals surface area contributed by atoms with Gasteiger partial charge in [-0.25, -0.2) is 0 Å². The summed E-state index contributed by atoms with van der Waals surface area (Å²) >= 11 is 1.41. The normalized spacial score (nSPS) is 12.6. The molecule has 0 amide bonds. The van der Waals surface area contributed by atoms with Gasteiger partial charge in [0.1, 0.15) is 0 Å². The molecule has 0 saturated carbocycles. The lowest BCUT2D eigenvalue weighted by molar-refractivity contribution is -0.0732. The summed E-state index contributed by atoms with van der Waals surface area (Å²) < 4.78 is 16.0. The summed E-state index contributed by atoms with van der Waals surface area (Å²) in [6.07, 6.45) is -0.204. The van der Waals surface area contributed by atoms with Crippen molar-refractivity contribution in [2.45, 2.75) is 25.9 Å². The van der Waals surface area contributed by atoms with Gasteiger partial charge in [-0.15, -0.1) is 0 Å². The first-order valence-corrected chi connectivity index (χ1v) is 6.75. The maximum atomic E-state index is 5.47. The predicted octanol–water partition coefficient (Wildman–Crippen LogP) is 3.25. The highest BCUT2D eigenvalue weighted by Crippen LogP contribution is 2.15. The van der Waals surface area contributed by atoms with Gasteiger partial charge in [-0.05, 0) is 31.5 Å². The second-order valence-electron chi connectivity index (χ2n) is 3.48. The number of rotatable bonds is 9. The van der Waals surface area contributed by atoms with E-state index in [2.05, 4.69) is 12.1 Å². The van der Waals surface area contributed by atoms with Gasteiger partial charge in [-0.2, -0.15) is 0 Å². The maximum absolute atomic E-state index is 5.47. The fourth-order valence-corrected chi connectivity index (χ4v) is 1.86. The molecule has 17 heavy (non-hydrogen) atoms. The van der Waals surface area contributed by atoms with E-state index in [9.17, 15) is 0 Å². The average molecular weight is 256 g/mol. The number of benzene rings is 1. The summed E-state index contributed by atoms with van der Waals surface area (Å²) in [5.41, 5.74) is 1.25. The minimum atomic E-state index is -0.204. The van der Waals surface area contributed by atoms with Crippen LogP contribution >= 0.6 is 12.0 Å². The van der Waals surface area contributed by atoms with Gasteiger partial charge in [0.2, 0.25) is 0 Å². The van der Waals surface area contributed by atoms with Crippen LogP contribution in [0.1, 0.15) is 19.4 Å². The van der Waals surface area contributed by atoms with Gasteiger partial charge in [0.05, 0.1) is 13.2 Å². The van der Waals surface area contributed by atoms with Crippen molar-refractivity contribution in [3.63, 3.8) is 0 Å². The van der Waals surface area contributed by atoms with Crippen molar-refractivity contribution >= 4 is 12.0 Å². The van der Waals surface area contributed by atoms with Crippen LogP contribution in [0.25, 0.3) is 0 Å². The zero-order valence-corrected chi connectivity index (χ0v) is 11.2. The second kappa shape index (κ2) is 9.48. The average Bonchev–Trinajstić information content (AvgIpc) is 2.36. The molecular formula is C13H20O3S. The standard InChI is InChI=1S/C13H20O3S/c1-3-14-9-10-15-12(2)16-17-11-13-7-5-4-6-8-13/h4-8,12H,3,9-11H2,1-2H3. The Kier molecular flexibility index (Phi) is 8.09. The third-order valence-electron chi connectivity index (χ3n) is 2.06. The monoisotopic (exact) mass is 256 g/mol. The molecule has 0 saturated heterocycles. The Morgan fingerprint density at radius 3 is 2.65 bits per heavy atom. The highest BCUT2D eigenvalue weighted by atomic mass is 32.2. The Labute approximate surface area is 108 Å². The molecular weight excluding hydrogens is 236 g/mol. The molecule has 1 atom stereocenters. The molecule has 1 aromatic rings. The van der Waals surface area contributed by atoms with Crippen LogP contribution in [0.5, 0.6) is 0 Å². The van der Waals surface area contributed by atoms with Gasteiger partial charge in [0, 0.05) is 12.4 Å². The van der Waals surface area contributed by atoms with Crippen molar-refractivity contribution in [3.05, 3.63) is 35.9 Å². The topological polar surface area (TPSA) is 27.7 Å². The Balaban J connectivity index is 2.02. The van der Waals surface area contributed by atoms with Gasteiger partial charge in [0.15, 0.2) is 6.29 Å². The van der Waals surface area contributed by atoms with Crippen molar-refractivity contribution in [3.8, 4) is 0 Å². The third-order valence-corrected chi connectivity index (χ3v) is 2.91. The van der Waals surface area contributed by atoms with E-state index in [0.717, 1.165) is 12.4 Å². The largest absolute Gasteiger partial charge is 0.379 e. The molecule has 4 heteroatoms. The molecule has 1 rings (SSSR count). The molecule has 0 radical (unpaired) electrons. The van der Waals surface area contributed by atoms with E-state index < -0.39 is 0 Å². The summed E-state index contributed by atoms with van der Waals surface area (Å²) in [7, 11) is 0. The lowest BCUT2D eigenvalue weighted by atomic mass is 10.2. The molecule has 96 valence electrons. The van der Waals surface area contributed by atoms with Crippen LogP contribution in [-0.4, -0.2) is 26.1 Å². The van der Waals surface area contributed by atoms with Crippen LogP contribution in [0, 0.1) is 0 Å². The fraction of sp³-hybridized carbons (Fsp3) is 0.538. The van der Waals surface area contributed by atoms with E-state index in [1.807, 2.05) is 32.0 Å². The van der Waals surface area contributed by atoms with Crippen molar-refractivity contribution in [1.29, 1.82) is 0 Å². The van der Waals surface area contributed by atoms with Crippen molar-refractivity contribution in [2.75, 3.05) is 19.8 Å². The third kappa shape index (κ3) is 7.39. The fourth-order valence-electron chi connectivity index (χ4n) is 1.22. The summed E-state index contributed by atoms with van der Waals surface area (Å²) in [5, 5.41) is 0. The molecule has 0 bridgehead atoms. The molecule has 0 N–H and O–H groups in total. The van der Waals surface area contributed by atoms with Crippen molar-refractivity contribution in [1.82, 2.24) is 0 Å². The Hall–Kier alpha value is -0.550. The van der Waals surface area contributed by atoms with Crippen LogP contribution < -0.4 is 0 Å². The predicted molar refractivity (Wildman–Crippen MR) is 70.7 cm³/mol. The first-order chi connectivity index (χ1) is 8.33. The Morgan fingerprint density at radius 2 is 1.94 bits per heavy atom. The molecule has 0 aliphatic rings. The van der Waals surface area contributed by atoms with Crippen molar-refractivity contribution in [2.24, 2.45) is 0 Å². The highest BCUT2D eigenvalue weighted by Gasteiger charge is 2.02. The van der Waals surface area contributed by atoms with Crippen LogP contribution in [0.15, 0.2) is 30.3 Å². The lowest BCUT2D eigenvalue weighted by Crippen LogP contribution is -2.13. The van der Waals surface area contributed by atoms with Gasteiger partial charge in [0.25, 0.3) is 0 Å². The Morgan fingerprint density at radius 1 is 1.18 bits per heavy atom. The maximum Gasteiger partial charge on any atom is 0.167 e. The molecule has 0 heterocycles. The Bertz CT molecular complexity index is 279. The zero-order valence-electron chi connectivity index (χ0n) is 10.4. The molecule has 0 aliphatic heterocycles. The van der Waals surface area contributed by atoms with Crippen LogP contribution in [-0.2, 0) is 19.4 Å². The summed E-state index contributed by atoms with van der Waals surface area (Å²) in [4.78, 5) is 0. The van der Waals surface area contributed by atoms with Gasteiger partial charge in [-0.1, -0.05) is 30.3 Å². The molecule has 0 spiro atoms. The van der Waals surface area contributed by atoms with Crippen LogP contribution in [0.3, 0.4) is 0 Å². The first-order valence-electron chi connectivity index (χ1n) is 5.84. The minimum absolute atomic E-state index is 0.204. The number of ether oxygens (including phenoxy) is 2. The van der Waals surface area contributed by atoms with E-state index in [1.54, 1.807) is 0 Å². The van der Waals surface area contributed by atoms with E-state index in [-0.39, 0.29) is 6.29 Å². The quantitative estimate of drug-likeness (QED) is 0.385. The van der Waals surface area contributed by atoms with E-state index in [4.69, 9.17) is 13.7 Å². The SMILES string of the molecule is CCOCCOC(C)OSCc1ccccc1. The summed E-state index contributed by atoms with van der Waals surface area (Å²) in [5.74, 6) is 0.833. The summed E-state index contributed by atoms with van der Waals surface area (Å²) in [6, 6.07) is 10.2. The molecule has 0 fully saturated rings. The van der Waals surface area contributed by atoms with Gasteiger partial charge < -0.3 is 9.47 Å². The molecule has 0 aliphatic carbocycles. The molecule has 3 nitrogen and oxygen atoms in total. The summed E-state index contributed by atoms with van der Waals surface area (Å²) in [6.45, 7) is 5.77. The minimum Gasteiger partial charge on any atom is -0.379 e. The zero-order chi connectivity index (χ0) is 12.3. The van der Waals surface area contributed by atoms with E-state index in [1.165, 1.54) is 17.6 Å². The molecule has 1 unspecified atom stereocenters.